The van der Waals surface area contributed by atoms with Crippen molar-refractivity contribution in [3.05, 3.63) is 5.82 Å². The molecule has 1 saturated heterocycles. The van der Waals surface area contributed by atoms with E-state index in [0.29, 0.717) is 5.82 Å². The molecule has 0 bridgehead atoms. The van der Waals surface area contributed by atoms with Gasteiger partial charge in [-0.05, 0) is 33.6 Å². The van der Waals surface area contributed by atoms with Crippen LogP contribution in [0.3, 0.4) is 0 Å². The lowest BCUT2D eigenvalue weighted by atomic mass is 9.88. The fourth-order valence-electron chi connectivity index (χ4n) is 2.91. The summed E-state index contributed by atoms with van der Waals surface area (Å²) in [6.45, 7) is 9.83. The first-order valence-corrected chi connectivity index (χ1v) is 8.32. The molecule has 114 valence electrons. The van der Waals surface area contributed by atoms with Crippen LogP contribution < -0.4 is 5.14 Å². The minimum Gasteiger partial charge on any atom is -0.374 e. The second-order valence-electron chi connectivity index (χ2n) is 5.78. The van der Waals surface area contributed by atoms with Crippen molar-refractivity contribution in [2.45, 2.75) is 63.9 Å². The van der Waals surface area contributed by atoms with E-state index in [2.05, 4.69) is 17.1 Å². The number of hydrogen-bond donors (Lipinski definition) is 1. The summed E-state index contributed by atoms with van der Waals surface area (Å²) >= 11 is 0. The second-order valence-corrected chi connectivity index (χ2v) is 7.24. The van der Waals surface area contributed by atoms with Gasteiger partial charge in [-0.25, -0.2) is 13.6 Å². The van der Waals surface area contributed by atoms with Crippen LogP contribution in [0.2, 0.25) is 0 Å². The molecule has 0 aliphatic carbocycles. The highest BCUT2D eigenvalue weighted by Crippen LogP contribution is 2.40. The van der Waals surface area contributed by atoms with E-state index in [0.717, 1.165) is 0 Å². The lowest BCUT2D eigenvalue weighted by Crippen LogP contribution is -2.24. The van der Waals surface area contributed by atoms with Gasteiger partial charge in [-0.3, -0.25) is 4.57 Å². The zero-order valence-electron chi connectivity index (χ0n) is 12.4. The highest BCUT2D eigenvalue weighted by Gasteiger charge is 2.42. The highest BCUT2D eigenvalue weighted by molar-refractivity contribution is 7.89. The van der Waals surface area contributed by atoms with Crippen LogP contribution in [0.4, 0.5) is 0 Å². The minimum absolute atomic E-state index is 0.00963. The molecule has 20 heavy (non-hydrogen) atoms. The van der Waals surface area contributed by atoms with Gasteiger partial charge in [0.1, 0.15) is 5.82 Å². The average Bonchev–Trinajstić information content (AvgIpc) is 2.81. The maximum absolute atomic E-state index is 11.6. The van der Waals surface area contributed by atoms with Crippen LogP contribution in [-0.2, 0) is 14.8 Å². The van der Waals surface area contributed by atoms with E-state index in [4.69, 9.17) is 9.88 Å². The first kappa shape index (κ1) is 15.4. The van der Waals surface area contributed by atoms with Gasteiger partial charge < -0.3 is 4.74 Å². The molecule has 1 aliphatic heterocycles. The summed E-state index contributed by atoms with van der Waals surface area (Å²) in [7, 11) is -3.89. The van der Waals surface area contributed by atoms with Crippen molar-refractivity contribution < 1.29 is 13.2 Å². The molecule has 0 radical (unpaired) electrons. The molecule has 1 aromatic rings. The van der Waals surface area contributed by atoms with Crippen LogP contribution in [-0.4, -0.2) is 35.4 Å². The molecule has 7 nitrogen and oxygen atoms in total. The Morgan fingerprint density at radius 2 is 1.80 bits per heavy atom. The van der Waals surface area contributed by atoms with Gasteiger partial charge in [-0.2, -0.15) is 0 Å². The maximum Gasteiger partial charge on any atom is 0.273 e. The minimum atomic E-state index is -3.89. The Morgan fingerprint density at radius 3 is 2.20 bits per heavy atom. The molecule has 0 saturated carbocycles. The third kappa shape index (κ3) is 2.47. The second kappa shape index (κ2) is 5.09. The van der Waals surface area contributed by atoms with E-state index in [1.54, 1.807) is 4.57 Å². The fourth-order valence-corrected chi connectivity index (χ4v) is 3.64. The summed E-state index contributed by atoms with van der Waals surface area (Å²) in [5.74, 6) is 0.879. The molecule has 2 rings (SSSR count). The summed E-state index contributed by atoms with van der Waals surface area (Å²) < 4.78 is 30.7. The molecule has 1 fully saturated rings. The lowest BCUT2D eigenvalue weighted by molar-refractivity contribution is 0.0551. The molecule has 0 aromatic carbocycles. The van der Waals surface area contributed by atoms with Crippen molar-refractivity contribution in [3.8, 4) is 0 Å². The SMILES string of the molecule is CC1OC(C)C(c2nnc(S(N)(=O)=O)n2C(C)C)C1C. The Morgan fingerprint density at radius 1 is 1.20 bits per heavy atom. The molecular weight excluding hydrogens is 280 g/mol. The molecule has 0 spiro atoms. The largest absolute Gasteiger partial charge is 0.374 e. The molecule has 2 heterocycles. The quantitative estimate of drug-likeness (QED) is 0.899. The normalized spacial score (nSPS) is 31.1. The number of ether oxygens (including phenoxy) is 1. The van der Waals surface area contributed by atoms with Gasteiger partial charge in [0.15, 0.2) is 0 Å². The monoisotopic (exact) mass is 302 g/mol. The smallest absolute Gasteiger partial charge is 0.273 e. The number of sulfonamides is 1. The number of hydrogen-bond acceptors (Lipinski definition) is 5. The molecule has 1 aromatic heterocycles. The Bertz CT molecular complexity index is 596. The zero-order valence-corrected chi connectivity index (χ0v) is 13.3. The number of rotatable bonds is 3. The van der Waals surface area contributed by atoms with Crippen LogP contribution in [0.15, 0.2) is 5.16 Å². The third-order valence-electron chi connectivity index (χ3n) is 4.00. The Hall–Kier alpha value is -0.990. The summed E-state index contributed by atoms with van der Waals surface area (Å²) in [6, 6.07) is -0.0939. The molecule has 0 amide bonds. The van der Waals surface area contributed by atoms with E-state index < -0.39 is 10.0 Å². The topological polar surface area (TPSA) is 100 Å². The van der Waals surface area contributed by atoms with E-state index in [-0.39, 0.29) is 35.2 Å². The molecule has 1 aliphatic rings. The van der Waals surface area contributed by atoms with Crippen molar-refractivity contribution in [3.63, 3.8) is 0 Å². The van der Waals surface area contributed by atoms with E-state index in [1.165, 1.54) is 0 Å². The Kier molecular flexibility index (Phi) is 3.92. The van der Waals surface area contributed by atoms with Gasteiger partial charge in [0.25, 0.3) is 15.2 Å². The predicted octanol–water partition coefficient (Wildman–Crippen LogP) is 1.03. The molecular formula is C12H22N4O3S. The van der Waals surface area contributed by atoms with Gasteiger partial charge in [-0.1, -0.05) is 6.92 Å². The Balaban J connectivity index is 2.56. The number of nitrogens with zero attached hydrogens (tertiary/aromatic N) is 3. The zero-order chi connectivity index (χ0) is 15.2. The number of primary sulfonamides is 1. The summed E-state index contributed by atoms with van der Waals surface area (Å²) in [5.41, 5.74) is 0. The van der Waals surface area contributed by atoms with Crippen LogP contribution in [0.25, 0.3) is 0 Å². The first-order chi connectivity index (χ1) is 9.14. The molecule has 4 atom stereocenters. The summed E-state index contributed by atoms with van der Waals surface area (Å²) in [5, 5.41) is 12.9. The van der Waals surface area contributed by atoms with Crippen LogP contribution in [0, 0.1) is 5.92 Å². The average molecular weight is 302 g/mol. The standard InChI is InChI=1S/C12H22N4O3S/c1-6(2)16-11(14-15-12(16)20(13,17)18)10-7(3)8(4)19-9(10)5/h6-10H,1-5H3,(H2,13,17,18). The molecule has 2 N–H and O–H groups in total. The fraction of sp³-hybridized carbons (Fsp3) is 0.833. The van der Waals surface area contributed by atoms with Crippen molar-refractivity contribution in [2.24, 2.45) is 11.1 Å². The number of nitrogens with two attached hydrogens (primary N) is 1. The van der Waals surface area contributed by atoms with Crippen LogP contribution in [0.5, 0.6) is 0 Å². The van der Waals surface area contributed by atoms with Crippen molar-refractivity contribution >= 4 is 10.0 Å². The maximum atomic E-state index is 11.6. The molecule has 4 unspecified atom stereocenters. The summed E-state index contributed by atoms with van der Waals surface area (Å²) in [6.07, 6.45) is 0.0697. The van der Waals surface area contributed by atoms with Gasteiger partial charge in [-0.15, -0.1) is 10.2 Å². The van der Waals surface area contributed by atoms with Crippen molar-refractivity contribution in [1.82, 2.24) is 14.8 Å². The molecule has 8 heteroatoms. The van der Waals surface area contributed by atoms with Gasteiger partial charge in [0, 0.05) is 6.04 Å². The van der Waals surface area contributed by atoms with Crippen LogP contribution >= 0.6 is 0 Å². The number of aromatic nitrogens is 3. The third-order valence-corrected chi connectivity index (χ3v) is 4.79. The van der Waals surface area contributed by atoms with E-state index >= 15 is 0 Å². The van der Waals surface area contributed by atoms with E-state index in [9.17, 15) is 8.42 Å². The highest BCUT2D eigenvalue weighted by atomic mass is 32.2. The van der Waals surface area contributed by atoms with Gasteiger partial charge in [0.05, 0.1) is 18.1 Å². The lowest BCUT2D eigenvalue weighted by Gasteiger charge is -2.21. The van der Waals surface area contributed by atoms with Gasteiger partial charge >= 0.3 is 0 Å². The summed E-state index contributed by atoms with van der Waals surface area (Å²) in [4.78, 5) is 0. The first-order valence-electron chi connectivity index (χ1n) is 6.77. The van der Waals surface area contributed by atoms with E-state index in [1.807, 2.05) is 27.7 Å². The van der Waals surface area contributed by atoms with Gasteiger partial charge in [0.2, 0.25) is 0 Å². The predicted molar refractivity (Wildman–Crippen MR) is 73.7 cm³/mol. The van der Waals surface area contributed by atoms with Crippen molar-refractivity contribution in [2.75, 3.05) is 0 Å². The Labute approximate surface area is 119 Å². The van der Waals surface area contributed by atoms with Crippen molar-refractivity contribution in [1.29, 1.82) is 0 Å². The van der Waals surface area contributed by atoms with Crippen LogP contribution in [0.1, 0.15) is 52.4 Å².